The van der Waals surface area contributed by atoms with Gasteiger partial charge in [0, 0.05) is 50.7 Å². The Hall–Kier alpha value is -9.06. The number of carbonyl (C=O) groups excluding carboxylic acids is 2. The van der Waals surface area contributed by atoms with E-state index in [9.17, 15) is 9.59 Å². The van der Waals surface area contributed by atoms with Crippen LogP contribution in [0.15, 0.2) is 96.4 Å². The molecule has 348 valence electrons. The average molecular weight is 923 g/mol. The molecule has 6 heterocycles. The van der Waals surface area contributed by atoms with Gasteiger partial charge in [-0.2, -0.15) is 20.2 Å². The van der Waals surface area contributed by atoms with E-state index in [2.05, 4.69) is 76.8 Å². The molecule has 2 aromatic carbocycles. The van der Waals surface area contributed by atoms with Gasteiger partial charge in [0.05, 0.1) is 49.9 Å². The fourth-order valence-corrected chi connectivity index (χ4v) is 6.71. The van der Waals surface area contributed by atoms with Crippen molar-refractivity contribution in [1.82, 2.24) is 64.9 Å². The van der Waals surface area contributed by atoms with Crippen molar-refractivity contribution in [2.24, 2.45) is 19.8 Å². The predicted molar refractivity (Wildman–Crippen MR) is 249 cm³/mol. The Kier molecular flexibility index (Phi) is 13.4. The van der Waals surface area contributed by atoms with Crippen LogP contribution in [0.4, 0.5) is 46.5 Å². The quantitative estimate of drug-likeness (QED) is 0.0545. The van der Waals surface area contributed by atoms with Crippen molar-refractivity contribution < 1.29 is 28.3 Å². The zero-order valence-electron chi connectivity index (χ0n) is 37.7. The van der Waals surface area contributed by atoms with E-state index >= 15 is 0 Å². The number of anilines is 8. The Bertz CT molecular complexity index is 3060. The summed E-state index contributed by atoms with van der Waals surface area (Å²) >= 11 is 0. The number of pyridine rings is 1. The molecule has 0 atom stereocenters. The van der Waals surface area contributed by atoms with Crippen molar-refractivity contribution >= 4 is 58.4 Å². The van der Waals surface area contributed by atoms with Gasteiger partial charge in [0.2, 0.25) is 11.9 Å². The largest absolute Gasteiger partial charge is 0.494 e. The Balaban J connectivity index is 0.905. The standard InChI is InChI=1S/C44H46N18O6/c1-44(2,31-19-33(60-68-31)55-43-48-20-27(36(45)63)39(56-43)52-29-13-9-11-25(34(29)65-5)37-50-23-61(3)58-37)22-67-18-17-47-41(64)28-21-49-42(54-32-15-7-8-16-46-32)57-40(28)53-30-14-10-12-26(35(30)66-6)38-51-24-62(4)59-38/h7-16,19-21,23-24H,17-18,22H2,1-6H3,(H2,45,63)(H,47,64)(H2,46,49,53,54,57)(H2,48,52,55,56,60). The van der Waals surface area contributed by atoms with E-state index in [0.29, 0.717) is 63.0 Å². The highest BCUT2D eigenvalue weighted by Crippen LogP contribution is 2.38. The third kappa shape index (κ3) is 10.4. The number of primary amides is 1. The van der Waals surface area contributed by atoms with Crippen LogP contribution in [-0.4, -0.2) is 105 Å². The number of aryl methyl sites for hydroxylation is 2. The second kappa shape index (κ2) is 20.0. The van der Waals surface area contributed by atoms with Crippen LogP contribution in [-0.2, 0) is 24.2 Å². The van der Waals surface area contributed by atoms with Gasteiger partial charge in [0.25, 0.3) is 11.8 Å². The molecule has 0 saturated carbocycles. The highest BCUT2D eigenvalue weighted by Gasteiger charge is 2.27. The number of rotatable bonds is 20. The summed E-state index contributed by atoms with van der Waals surface area (Å²) in [6.45, 7) is 4.35. The summed E-state index contributed by atoms with van der Waals surface area (Å²) in [5.41, 5.74) is 7.47. The maximum atomic E-state index is 13.7. The molecule has 0 saturated heterocycles. The molecule has 0 bridgehead atoms. The minimum absolute atomic E-state index is 0.0351. The first-order valence-corrected chi connectivity index (χ1v) is 20.8. The number of nitrogens with one attached hydrogen (secondary N) is 5. The molecular weight excluding hydrogens is 877 g/mol. The fourth-order valence-electron chi connectivity index (χ4n) is 6.71. The van der Waals surface area contributed by atoms with Crippen molar-refractivity contribution in [3.05, 3.63) is 109 Å². The maximum absolute atomic E-state index is 13.7. The lowest BCUT2D eigenvalue weighted by Gasteiger charge is -2.21. The topological polar surface area (TPSA) is 300 Å². The van der Waals surface area contributed by atoms with Crippen LogP contribution < -0.4 is 41.8 Å². The molecule has 0 fully saturated rings. The summed E-state index contributed by atoms with van der Waals surface area (Å²) in [5, 5.41) is 28.3. The van der Waals surface area contributed by atoms with Gasteiger partial charge >= 0.3 is 0 Å². The van der Waals surface area contributed by atoms with Crippen molar-refractivity contribution in [2.75, 3.05) is 55.2 Å². The van der Waals surface area contributed by atoms with Crippen LogP contribution in [0.3, 0.4) is 0 Å². The van der Waals surface area contributed by atoms with Crippen molar-refractivity contribution in [1.29, 1.82) is 0 Å². The lowest BCUT2D eigenvalue weighted by atomic mass is 9.91. The first-order chi connectivity index (χ1) is 32.9. The summed E-state index contributed by atoms with van der Waals surface area (Å²) in [5.74, 6) is 2.49. The fraction of sp³-hybridized carbons (Fsp3) is 0.227. The number of nitrogens with two attached hydrogens (primary N) is 1. The number of methoxy groups -OCH3 is 2. The number of aromatic nitrogens is 12. The van der Waals surface area contributed by atoms with Crippen LogP contribution in [0.25, 0.3) is 22.8 Å². The maximum Gasteiger partial charge on any atom is 0.256 e. The number of para-hydroxylation sites is 2. The molecule has 24 heteroatoms. The van der Waals surface area contributed by atoms with Crippen molar-refractivity contribution in [3.8, 4) is 34.3 Å². The molecule has 68 heavy (non-hydrogen) atoms. The molecule has 0 aliphatic heterocycles. The summed E-state index contributed by atoms with van der Waals surface area (Å²) < 4.78 is 26.4. The highest BCUT2D eigenvalue weighted by atomic mass is 16.5. The van der Waals surface area contributed by atoms with E-state index < -0.39 is 17.2 Å². The summed E-state index contributed by atoms with van der Waals surface area (Å²) in [6.07, 6.45) is 7.52. The molecule has 0 radical (unpaired) electrons. The van der Waals surface area contributed by atoms with E-state index in [1.54, 1.807) is 78.7 Å². The molecule has 24 nitrogen and oxygen atoms in total. The second-order valence-electron chi connectivity index (χ2n) is 15.5. The molecule has 8 aromatic rings. The van der Waals surface area contributed by atoms with Crippen molar-refractivity contribution in [3.63, 3.8) is 0 Å². The van der Waals surface area contributed by atoms with E-state index in [1.807, 2.05) is 38.1 Å². The number of nitrogens with zero attached hydrogens (tertiary/aromatic N) is 12. The first kappa shape index (κ1) is 45.5. The van der Waals surface area contributed by atoms with Gasteiger partial charge < -0.3 is 51.1 Å². The van der Waals surface area contributed by atoms with Crippen LogP contribution in [0.1, 0.15) is 40.3 Å². The first-order valence-electron chi connectivity index (χ1n) is 20.8. The summed E-state index contributed by atoms with van der Waals surface area (Å²) in [6, 6.07) is 17.9. The predicted octanol–water partition coefficient (Wildman–Crippen LogP) is 5.06. The minimum Gasteiger partial charge on any atom is -0.494 e. The number of hydrogen-bond acceptors (Lipinski definition) is 20. The Morgan fingerprint density at radius 2 is 1.31 bits per heavy atom. The molecule has 8 rings (SSSR count). The lowest BCUT2D eigenvalue weighted by molar-refractivity contribution is 0.0786. The van der Waals surface area contributed by atoms with Gasteiger partial charge in [0.1, 0.15) is 47.0 Å². The number of benzene rings is 2. The number of hydrogen-bond donors (Lipinski definition) is 6. The van der Waals surface area contributed by atoms with Crippen LogP contribution in [0.5, 0.6) is 11.5 Å². The molecule has 7 N–H and O–H groups in total. The molecule has 2 amide bonds. The van der Waals surface area contributed by atoms with Crippen LogP contribution >= 0.6 is 0 Å². The van der Waals surface area contributed by atoms with Crippen LogP contribution in [0.2, 0.25) is 0 Å². The molecule has 0 aliphatic rings. The molecule has 0 aliphatic carbocycles. The van der Waals surface area contributed by atoms with Crippen molar-refractivity contribution in [2.45, 2.75) is 19.3 Å². The lowest BCUT2D eigenvalue weighted by Crippen LogP contribution is -2.30. The Morgan fingerprint density at radius 3 is 1.85 bits per heavy atom. The van der Waals surface area contributed by atoms with Crippen LogP contribution in [0, 0.1) is 0 Å². The van der Waals surface area contributed by atoms with Gasteiger partial charge in [-0.3, -0.25) is 19.0 Å². The number of carbonyl (C=O) groups is 2. The van der Waals surface area contributed by atoms with Gasteiger partial charge in [-0.1, -0.05) is 37.2 Å². The zero-order valence-corrected chi connectivity index (χ0v) is 37.7. The van der Waals surface area contributed by atoms with Gasteiger partial charge in [-0.15, -0.1) is 0 Å². The highest BCUT2D eigenvalue weighted by molar-refractivity contribution is 6.00. The van der Waals surface area contributed by atoms with Gasteiger partial charge in [-0.05, 0) is 36.4 Å². The third-order valence-electron chi connectivity index (χ3n) is 10.0. The van der Waals surface area contributed by atoms with E-state index in [-0.39, 0.29) is 54.4 Å². The normalized spacial score (nSPS) is 11.2. The van der Waals surface area contributed by atoms with Gasteiger partial charge in [-0.25, -0.2) is 24.9 Å². The third-order valence-corrected chi connectivity index (χ3v) is 10.0. The molecule has 0 unspecified atom stereocenters. The summed E-state index contributed by atoms with van der Waals surface area (Å²) in [4.78, 5) is 56.9. The average Bonchev–Trinajstić information content (AvgIpc) is 4.11. The molecule has 6 aromatic heterocycles. The zero-order chi connectivity index (χ0) is 47.8. The minimum atomic E-state index is -0.747. The molecular formula is C44H46N18O6. The second-order valence-corrected chi connectivity index (χ2v) is 15.5. The smallest absolute Gasteiger partial charge is 0.256 e. The SMILES string of the molecule is COc1c(Nc2nc(Nc3cc(C(C)(C)COCCNC(=O)c4cnc(Nc5ccccn5)nc4Nc4cccc(-c5ncn(C)n5)c4OC)on3)ncc2C(N)=O)cccc1-c1ncn(C)n1. The number of ether oxygens (including phenoxy) is 3. The monoisotopic (exact) mass is 922 g/mol. The van der Waals surface area contributed by atoms with E-state index in [0.717, 1.165) is 0 Å². The van der Waals surface area contributed by atoms with E-state index in [1.165, 1.54) is 26.6 Å². The molecule has 0 spiro atoms. The Morgan fingerprint density at radius 1 is 0.721 bits per heavy atom. The van der Waals surface area contributed by atoms with Gasteiger partial charge in [0.15, 0.2) is 29.0 Å². The number of amides is 2. The van der Waals surface area contributed by atoms with E-state index in [4.69, 9.17) is 24.5 Å². The Labute approximate surface area is 388 Å². The summed E-state index contributed by atoms with van der Waals surface area (Å²) in [7, 11) is 6.58.